The minimum atomic E-state index is -0.587. The first-order valence-corrected chi connectivity index (χ1v) is 7.06. The monoisotopic (exact) mass is 291 g/mol. The van der Waals surface area contributed by atoms with Crippen molar-refractivity contribution in [1.82, 2.24) is 10.6 Å². The van der Waals surface area contributed by atoms with Gasteiger partial charge >= 0.3 is 0 Å². The van der Waals surface area contributed by atoms with Gasteiger partial charge in [0.05, 0.1) is 6.61 Å². The predicted molar refractivity (Wildman–Crippen MR) is 80.4 cm³/mol. The summed E-state index contributed by atoms with van der Waals surface area (Å²) in [5, 5.41) is 8.62. The van der Waals surface area contributed by atoms with Gasteiger partial charge in [-0.25, -0.2) is 0 Å². The first-order chi connectivity index (χ1) is 10.1. The van der Waals surface area contributed by atoms with Crippen molar-refractivity contribution in [3.63, 3.8) is 0 Å². The van der Waals surface area contributed by atoms with Crippen LogP contribution in [0.2, 0.25) is 0 Å². The van der Waals surface area contributed by atoms with Crippen molar-refractivity contribution in [3.8, 4) is 0 Å². The molecule has 1 aromatic carbocycles. The number of fused-ring (bicyclic) bond motifs is 1. The Morgan fingerprint density at radius 2 is 2.24 bits per heavy atom. The lowest BCUT2D eigenvalue weighted by Gasteiger charge is -2.14. The van der Waals surface area contributed by atoms with Crippen molar-refractivity contribution in [3.05, 3.63) is 29.3 Å². The molecule has 1 unspecified atom stereocenters. The maximum atomic E-state index is 12.1. The van der Waals surface area contributed by atoms with Gasteiger partial charge in [0.2, 0.25) is 5.91 Å². The molecule has 1 aliphatic heterocycles. The van der Waals surface area contributed by atoms with E-state index in [9.17, 15) is 9.59 Å². The van der Waals surface area contributed by atoms with E-state index in [0.717, 1.165) is 18.7 Å². The van der Waals surface area contributed by atoms with Crippen LogP contribution in [0.5, 0.6) is 0 Å². The second-order valence-electron chi connectivity index (χ2n) is 5.03. The van der Waals surface area contributed by atoms with Crippen molar-refractivity contribution in [2.24, 2.45) is 0 Å². The minimum Gasteiger partial charge on any atom is -0.384 e. The Morgan fingerprint density at radius 1 is 1.43 bits per heavy atom. The molecule has 6 heteroatoms. The van der Waals surface area contributed by atoms with E-state index in [4.69, 9.17) is 4.74 Å². The van der Waals surface area contributed by atoms with E-state index >= 15 is 0 Å². The van der Waals surface area contributed by atoms with Crippen LogP contribution in [0.4, 0.5) is 5.69 Å². The van der Waals surface area contributed by atoms with Gasteiger partial charge in [0.1, 0.15) is 6.04 Å². The summed E-state index contributed by atoms with van der Waals surface area (Å²) in [5.41, 5.74) is 2.77. The zero-order valence-corrected chi connectivity index (χ0v) is 12.4. The summed E-state index contributed by atoms with van der Waals surface area (Å²) in [7, 11) is 1.57. The Kier molecular flexibility index (Phi) is 5.16. The first-order valence-electron chi connectivity index (χ1n) is 7.06. The SMILES string of the molecule is COCCNC(=O)C(C)NC(=O)c1ccc2c(c1)NCC2. The molecule has 0 bridgehead atoms. The molecule has 0 aliphatic carbocycles. The maximum Gasteiger partial charge on any atom is 0.251 e. The van der Waals surface area contributed by atoms with Crippen molar-refractivity contribution < 1.29 is 14.3 Å². The Hall–Kier alpha value is -2.08. The second-order valence-corrected chi connectivity index (χ2v) is 5.03. The fraction of sp³-hybridized carbons (Fsp3) is 0.467. The molecule has 1 atom stereocenters. The number of rotatable bonds is 6. The Bertz CT molecular complexity index is 531. The quantitative estimate of drug-likeness (QED) is 0.668. The highest BCUT2D eigenvalue weighted by Gasteiger charge is 2.18. The van der Waals surface area contributed by atoms with Gasteiger partial charge in [-0.15, -0.1) is 0 Å². The summed E-state index contributed by atoms with van der Waals surface area (Å²) < 4.78 is 4.86. The number of carbonyl (C=O) groups excluding carboxylic acids is 2. The first kappa shape index (κ1) is 15.3. The fourth-order valence-electron chi connectivity index (χ4n) is 2.21. The molecule has 0 aromatic heterocycles. The zero-order valence-electron chi connectivity index (χ0n) is 12.4. The van der Waals surface area contributed by atoms with Crippen LogP contribution in [0.25, 0.3) is 0 Å². The van der Waals surface area contributed by atoms with E-state index < -0.39 is 6.04 Å². The van der Waals surface area contributed by atoms with Crippen LogP contribution < -0.4 is 16.0 Å². The molecule has 3 N–H and O–H groups in total. The van der Waals surface area contributed by atoms with Gasteiger partial charge in [0.15, 0.2) is 0 Å². The van der Waals surface area contributed by atoms with Crippen LogP contribution in [0, 0.1) is 0 Å². The predicted octanol–water partition coefficient (Wildman–Crippen LogP) is 0.535. The molecular formula is C15H21N3O3. The standard InChI is InChI=1S/C15H21N3O3/c1-10(14(19)17-7-8-21-2)18-15(20)12-4-3-11-5-6-16-13(11)9-12/h3-4,9-10,16H,5-8H2,1-2H3,(H,17,19)(H,18,20). The molecule has 1 heterocycles. The third kappa shape index (κ3) is 3.95. The van der Waals surface area contributed by atoms with E-state index in [-0.39, 0.29) is 11.8 Å². The van der Waals surface area contributed by atoms with E-state index in [1.807, 2.05) is 12.1 Å². The van der Waals surface area contributed by atoms with Gasteiger partial charge in [-0.05, 0) is 31.0 Å². The van der Waals surface area contributed by atoms with Crippen LogP contribution in [-0.2, 0) is 16.0 Å². The number of hydrogen-bond acceptors (Lipinski definition) is 4. The highest BCUT2D eigenvalue weighted by Crippen LogP contribution is 2.23. The number of benzene rings is 1. The van der Waals surface area contributed by atoms with E-state index in [1.165, 1.54) is 5.56 Å². The average Bonchev–Trinajstić information content (AvgIpc) is 2.94. The Labute approximate surface area is 124 Å². The van der Waals surface area contributed by atoms with Gasteiger partial charge in [-0.2, -0.15) is 0 Å². The number of nitrogens with one attached hydrogen (secondary N) is 3. The summed E-state index contributed by atoms with van der Waals surface area (Å²) in [6.07, 6.45) is 0.982. The largest absolute Gasteiger partial charge is 0.384 e. The average molecular weight is 291 g/mol. The van der Waals surface area contributed by atoms with E-state index in [2.05, 4.69) is 16.0 Å². The molecule has 21 heavy (non-hydrogen) atoms. The van der Waals surface area contributed by atoms with Gasteiger partial charge in [-0.1, -0.05) is 6.07 Å². The number of methoxy groups -OCH3 is 1. The zero-order chi connectivity index (χ0) is 15.2. The summed E-state index contributed by atoms with van der Waals surface area (Å²) in [5.74, 6) is -0.472. The summed E-state index contributed by atoms with van der Waals surface area (Å²) >= 11 is 0. The van der Waals surface area contributed by atoms with Crippen LogP contribution in [0.3, 0.4) is 0 Å². The van der Waals surface area contributed by atoms with Crippen LogP contribution in [-0.4, -0.2) is 44.7 Å². The van der Waals surface area contributed by atoms with Crippen molar-refractivity contribution in [2.45, 2.75) is 19.4 Å². The number of carbonyl (C=O) groups is 2. The lowest BCUT2D eigenvalue weighted by molar-refractivity contribution is -0.122. The van der Waals surface area contributed by atoms with E-state index in [0.29, 0.717) is 18.7 Å². The Balaban J connectivity index is 1.90. The van der Waals surface area contributed by atoms with E-state index in [1.54, 1.807) is 20.1 Å². The molecular weight excluding hydrogens is 270 g/mol. The third-order valence-electron chi connectivity index (χ3n) is 3.43. The van der Waals surface area contributed by atoms with Crippen LogP contribution in [0.15, 0.2) is 18.2 Å². The third-order valence-corrected chi connectivity index (χ3v) is 3.43. The Morgan fingerprint density at radius 3 is 3.00 bits per heavy atom. The summed E-state index contributed by atoms with van der Waals surface area (Å²) in [4.78, 5) is 23.9. The number of ether oxygens (including phenoxy) is 1. The number of amides is 2. The van der Waals surface area contributed by atoms with Gasteiger partial charge in [0.25, 0.3) is 5.91 Å². The molecule has 6 nitrogen and oxygen atoms in total. The highest BCUT2D eigenvalue weighted by molar-refractivity contribution is 5.98. The number of hydrogen-bond donors (Lipinski definition) is 3. The van der Waals surface area contributed by atoms with Crippen molar-refractivity contribution in [2.75, 3.05) is 32.1 Å². The maximum absolute atomic E-state index is 12.1. The summed E-state index contributed by atoms with van der Waals surface area (Å²) in [6.45, 7) is 3.44. The highest BCUT2D eigenvalue weighted by atomic mass is 16.5. The summed E-state index contributed by atoms with van der Waals surface area (Å²) in [6, 6.07) is 4.98. The molecule has 0 saturated heterocycles. The molecule has 0 saturated carbocycles. The molecule has 2 amide bonds. The smallest absolute Gasteiger partial charge is 0.251 e. The van der Waals surface area contributed by atoms with Crippen molar-refractivity contribution >= 4 is 17.5 Å². The van der Waals surface area contributed by atoms with Crippen LogP contribution in [0.1, 0.15) is 22.8 Å². The lowest BCUT2D eigenvalue weighted by Crippen LogP contribution is -2.45. The molecule has 1 aromatic rings. The molecule has 2 rings (SSSR count). The molecule has 1 aliphatic rings. The topological polar surface area (TPSA) is 79.5 Å². The van der Waals surface area contributed by atoms with Gasteiger partial charge in [0, 0.05) is 31.5 Å². The second kappa shape index (κ2) is 7.08. The molecule has 0 spiro atoms. The van der Waals surface area contributed by atoms with Crippen LogP contribution >= 0.6 is 0 Å². The van der Waals surface area contributed by atoms with Crippen molar-refractivity contribution in [1.29, 1.82) is 0 Å². The minimum absolute atomic E-state index is 0.223. The molecule has 114 valence electrons. The normalized spacial score (nSPS) is 14.0. The number of anilines is 1. The fourth-order valence-corrected chi connectivity index (χ4v) is 2.21. The lowest BCUT2D eigenvalue weighted by atomic mass is 10.1. The molecule has 0 radical (unpaired) electrons. The van der Waals surface area contributed by atoms with Gasteiger partial charge in [-0.3, -0.25) is 9.59 Å². The molecule has 0 fully saturated rings. The van der Waals surface area contributed by atoms with Gasteiger partial charge < -0.3 is 20.7 Å².